The molecule has 14 heavy (non-hydrogen) atoms. The molecule has 0 aliphatic heterocycles. The minimum absolute atomic E-state index is 0.544. The highest BCUT2D eigenvalue weighted by atomic mass is 32.1. The standard InChI is InChI=1S/C11H18N2S/c1-8-9(14-7-13-8)4-5-12-10-6-11(10,2)3/h7,10,12H,4-6H2,1-3H3. The second-order valence-electron chi connectivity index (χ2n) is 4.81. The van der Waals surface area contributed by atoms with E-state index < -0.39 is 0 Å². The summed E-state index contributed by atoms with van der Waals surface area (Å²) in [6, 6.07) is 0.746. The first-order valence-corrected chi connectivity index (χ1v) is 6.10. The fourth-order valence-corrected chi connectivity index (χ4v) is 2.52. The van der Waals surface area contributed by atoms with Crippen molar-refractivity contribution in [1.29, 1.82) is 0 Å². The molecule has 78 valence electrons. The van der Waals surface area contributed by atoms with Crippen molar-refractivity contribution in [2.24, 2.45) is 5.41 Å². The molecule has 0 amide bonds. The van der Waals surface area contributed by atoms with Gasteiger partial charge < -0.3 is 5.32 Å². The first kappa shape index (κ1) is 10.1. The average molecular weight is 210 g/mol. The number of hydrogen-bond donors (Lipinski definition) is 1. The second-order valence-corrected chi connectivity index (χ2v) is 5.75. The van der Waals surface area contributed by atoms with E-state index in [1.165, 1.54) is 17.0 Å². The zero-order valence-corrected chi connectivity index (χ0v) is 9.95. The predicted molar refractivity (Wildman–Crippen MR) is 60.7 cm³/mol. The van der Waals surface area contributed by atoms with Crippen LogP contribution < -0.4 is 5.32 Å². The van der Waals surface area contributed by atoms with Crippen molar-refractivity contribution in [3.05, 3.63) is 16.1 Å². The fraction of sp³-hybridized carbons (Fsp3) is 0.727. The zero-order chi connectivity index (χ0) is 10.2. The van der Waals surface area contributed by atoms with Crippen molar-refractivity contribution in [2.75, 3.05) is 6.54 Å². The van der Waals surface area contributed by atoms with Crippen molar-refractivity contribution >= 4 is 11.3 Å². The lowest BCUT2D eigenvalue weighted by Gasteiger charge is -2.05. The van der Waals surface area contributed by atoms with Crippen LogP contribution >= 0.6 is 11.3 Å². The maximum Gasteiger partial charge on any atom is 0.0797 e. The Kier molecular flexibility index (Phi) is 2.62. The highest BCUT2D eigenvalue weighted by Crippen LogP contribution is 2.44. The summed E-state index contributed by atoms with van der Waals surface area (Å²) in [6.07, 6.45) is 2.46. The molecule has 1 unspecified atom stereocenters. The lowest BCUT2D eigenvalue weighted by Crippen LogP contribution is -2.23. The summed E-state index contributed by atoms with van der Waals surface area (Å²) in [4.78, 5) is 5.68. The molecule has 1 aliphatic rings. The van der Waals surface area contributed by atoms with Gasteiger partial charge in [-0.3, -0.25) is 0 Å². The summed E-state index contributed by atoms with van der Waals surface area (Å²) in [5.41, 5.74) is 3.68. The number of nitrogens with zero attached hydrogens (tertiary/aromatic N) is 1. The second kappa shape index (κ2) is 3.63. The smallest absolute Gasteiger partial charge is 0.0797 e. The van der Waals surface area contributed by atoms with Crippen molar-refractivity contribution in [1.82, 2.24) is 10.3 Å². The normalized spacial score (nSPS) is 23.8. The molecule has 1 heterocycles. The molecule has 1 aromatic rings. The molecule has 0 radical (unpaired) electrons. The van der Waals surface area contributed by atoms with Crippen molar-refractivity contribution in [2.45, 2.75) is 39.7 Å². The van der Waals surface area contributed by atoms with Gasteiger partial charge >= 0.3 is 0 Å². The minimum Gasteiger partial charge on any atom is -0.313 e. The number of nitrogens with one attached hydrogen (secondary N) is 1. The number of hydrogen-bond acceptors (Lipinski definition) is 3. The van der Waals surface area contributed by atoms with Crippen LogP contribution in [0.1, 0.15) is 30.8 Å². The maximum atomic E-state index is 4.25. The van der Waals surface area contributed by atoms with Gasteiger partial charge in [-0.15, -0.1) is 11.3 Å². The van der Waals surface area contributed by atoms with Gasteiger partial charge in [-0.1, -0.05) is 13.8 Å². The summed E-state index contributed by atoms with van der Waals surface area (Å²) >= 11 is 1.77. The van der Waals surface area contributed by atoms with E-state index in [1.54, 1.807) is 11.3 Å². The molecule has 1 saturated carbocycles. The van der Waals surface area contributed by atoms with Gasteiger partial charge in [-0.05, 0) is 25.2 Å². The van der Waals surface area contributed by atoms with E-state index in [0.29, 0.717) is 5.41 Å². The maximum absolute atomic E-state index is 4.25. The monoisotopic (exact) mass is 210 g/mol. The number of rotatable bonds is 4. The van der Waals surface area contributed by atoms with E-state index in [2.05, 4.69) is 31.1 Å². The van der Waals surface area contributed by atoms with Gasteiger partial charge in [0, 0.05) is 17.5 Å². The molecule has 2 rings (SSSR count). The van der Waals surface area contributed by atoms with Crippen LogP contribution in [0.4, 0.5) is 0 Å². The Hall–Kier alpha value is -0.410. The van der Waals surface area contributed by atoms with Crippen LogP contribution in [0.5, 0.6) is 0 Å². The molecule has 1 aromatic heterocycles. The van der Waals surface area contributed by atoms with E-state index in [9.17, 15) is 0 Å². The van der Waals surface area contributed by atoms with E-state index >= 15 is 0 Å². The Balaban J connectivity index is 1.72. The van der Waals surface area contributed by atoms with Crippen LogP contribution in [0.3, 0.4) is 0 Å². The summed E-state index contributed by atoms with van der Waals surface area (Å²) in [5.74, 6) is 0. The Morgan fingerprint density at radius 1 is 1.64 bits per heavy atom. The molecule has 2 nitrogen and oxygen atoms in total. The van der Waals surface area contributed by atoms with Crippen LogP contribution in [0.2, 0.25) is 0 Å². The van der Waals surface area contributed by atoms with Gasteiger partial charge in [0.1, 0.15) is 0 Å². The zero-order valence-electron chi connectivity index (χ0n) is 9.13. The molecular formula is C11H18N2S. The third kappa shape index (κ3) is 2.15. The number of aromatic nitrogens is 1. The van der Waals surface area contributed by atoms with Gasteiger partial charge in [0.05, 0.1) is 11.2 Å². The lowest BCUT2D eigenvalue weighted by atomic mass is 10.2. The third-order valence-corrected chi connectivity index (χ3v) is 4.10. The number of thiazole rings is 1. The van der Waals surface area contributed by atoms with Crippen LogP contribution in [0, 0.1) is 12.3 Å². The molecule has 0 spiro atoms. The van der Waals surface area contributed by atoms with E-state index in [0.717, 1.165) is 19.0 Å². The quantitative estimate of drug-likeness (QED) is 0.825. The van der Waals surface area contributed by atoms with Crippen molar-refractivity contribution in [3.8, 4) is 0 Å². The van der Waals surface area contributed by atoms with Gasteiger partial charge in [-0.2, -0.15) is 0 Å². The van der Waals surface area contributed by atoms with Gasteiger partial charge in [-0.25, -0.2) is 4.98 Å². The molecule has 1 atom stereocenters. The first-order chi connectivity index (χ1) is 6.59. The predicted octanol–water partition coefficient (Wildman–Crippen LogP) is 2.38. The molecule has 0 aromatic carbocycles. The topological polar surface area (TPSA) is 24.9 Å². The molecule has 1 N–H and O–H groups in total. The van der Waals surface area contributed by atoms with E-state index in [4.69, 9.17) is 0 Å². The Morgan fingerprint density at radius 3 is 2.86 bits per heavy atom. The Bertz CT molecular complexity index is 317. The molecule has 1 aliphatic carbocycles. The van der Waals surface area contributed by atoms with Crippen molar-refractivity contribution < 1.29 is 0 Å². The molecular weight excluding hydrogens is 192 g/mol. The fourth-order valence-electron chi connectivity index (χ4n) is 1.74. The Labute approximate surface area is 89.8 Å². The summed E-state index contributed by atoms with van der Waals surface area (Å²) in [7, 11) is 0. The first-order valence-electron chi connectivity index (χ1n) is 5.22. The third-order valence-electron chi connectivity index (χ3n) is 3.10. The molecule has 0 saturated heterocycles. The van der Waals surface area contributed by atoms with Crippen molar-refractivity contribution in [3.63, 3.8) is 0 Å². The molecule has 3 heteroatoms. The largest absolute Gasteiger partial charge is 0.313 e. The van der Waals surface area contributed by atoms with Gasteiger partial charge in [0.25, 0.3) is 0 Å². The van der Waals surface area contributed by atoms with Crippen LogP contribution in [0.15, 0.2) is 5.51 Å². The van der Waals surface area contributed by atoms with E-state index in [1.807, 2.05) is 5.51 Å². The molecule has 1 fully saturated rings. The van der Waals surface area contributed by atoms with Gasteiger partial charge in [0.2, 0.25) is 0 Å². The highest BCUT2D eigenvalue weighted by molar-refractivity contribution is 7.09. The molecule has 0 bridgehead atoms. The van der Waals surface area contributed by atoms with Crippen LogP contribution in [-0.2, 0) is 6.42 Å². The minimum atomic E-state index is 0.544. The Morgan fingerprint density at radius 2 is 2.36 bits per heavy atom. The summed E-state index contributed by atoms with van der Waals surface area (Å²) in [6.45, 7) is 7.83. The van der Waals surface area contributed by atoms with E-state index in [-0.39, 0.29) is 0 Å². The highest BCUT2D eigenvalue weighted by Gasteiger charge is 2.44. The van der Waals surface area contributed by atoms with Crippen LogP contribution in [0.25, 0.3) is 0 Å². The summed E-state index contributed by atoms with van der Waals surface area (Å²) < 4.78 is 0. The summed E-state index contributed by atoms with van der Waals surface area (Å²) in [5, 5.41) is 3.59. The average Bonchev–Trinajstić information content (AvgIpc) is 2.53. The van der Waals surface area contributed by atoms with Crippen LogP contribution in [-0.4, -0.2) is 17.6 Å². The van der Waals surface area contributed by atoms with Gasteiger partial charge in [0.15, 0.2) is 0 Å². The SMILES string of the molecule is Cc1ncsc1CCNC1CC1(C)C. The number of aryl methyl sites for hydroxylation is 1. The lowest BCUT2D eigenvalue weighted by molar-refractivity contribution is 0.544.